The Morgan fingerprint density at radius 2 is 1.81 bits per heavy atom. The number of benzene rings is 1. The second kappa shape index (κ2) is 9.88. The van der Waals surface area contributed by atoms with Crippen LogP contribution in [0.25, 0.3) is 11.3 Å². The van der Waals surface area contributed by atoms with Crippen molar-refractivity contribution in [3.05, 3.63) is 65.1 Å². The smallest absolute Gasteiger partial charge is 0.226 e. The number of rotatable bonds is 7. The molecule has 0 radical (unpaired) electrons. The molecule has 0 saturated carbocycles. The number of aryl methyl sites for hydroxylation is 3. The number of morpholine rings is 1. The fourth-order valence-electron chi connectivity index (χ4n) is 3.93. The fourth-order valence-corrected chi connectivity index (χ4v) is 3.93. The third-order valence-electron chi connectivity index (χ3n) is 5.70. The number of hydrogen-bond acceptors (Lipinski definition) is 6. The van der Waals surface area contributed by atoms with Gasteiger partial charge in [0.05, 0.1) is 18.9 Å². The molecule has 0 atom stereocenters. The minimum Gasteiger partial charge on any atom is -0.508 e. The van der Waals surface area contributed by atoms with Gasteiger partial charge in [0.2, 0.25) is 5.95 Å². The van der Waals surface area contributed by atoms with Crippen LogP contribution in [-0.4, -0.2) is 46.4 Å². The van der Waals surface area contributed by atoms with Crippen LogP contribution in [0, 0.1) is 13.8 Å². The largest absolute Gasteiger partial charge is 0.508 e. The summed E-state index contributed by atoms with van der Waals surface area (Å²) in [5.41, 5.74) is 6.32. The summed E-state index contributed by atoms with van der Waals surface area (Å²) in [6, 6.07) is 11.6. The van der Waals surface area contributed by atoms with Crippen LogP contribution in [0.4, 0.5) is 5.95 Å². The van der Waals surface area contributed by atoms with E-state index < -0.39 is 0 Å². The topological polar surface area (TPSA) is 71.4 Å². The Balaban J connectivity index is 1.55. The van der Waals surface area contributed by atoms with E-state index in [1.54, 1.807) is 12.1 Å². The second-order valence-corrected chi connectivity index (χ2v) is 8.12. The highest BCUT2D eigenvalue weighted by Crippen LogP contribution is 2.29. The summed E-state index contributed by atoms with van der Waals surface area (Å²) in [6.07, 6.45) is 5.87. The van der Waals surface area contributed by atoms with Crippen LogP contribution in [-0.2, 0) is 17.6 Å². The van der Waals surface area contributed by atoms with Gasteiger partial charge in [-0.3, -0.25) is 4.98 Å². The molecule has 1 aliphatic rings. The SMILES string of the molecule is Cc1ccc(CCCCc2c(C)nc(N3CCOCC3)nc2-c2cccc(O)c2)nc1. The van der Waals surface area contributed by atoms with E-state index in [0.29, 0.717) is 13.2 Å². The molecule has 1 saturated heterocycles. The van der Waals surface area contributed by atoms with Crippen molar-refractivity contribution < 1.29 is 9.84 Å². The molecule has 6 nitrogen and oxygen atoms in total. The molecular weight excluding hydrogens is 388 g/mol. The van der Waals surface area contributed by atoms with Gasteiger partial charge >= 0.3 is 0 Å². The summed E-state index contributed by atoms with van der Waals surface area (Å²) in [6.45, 7) is 7.10. The maximum absolute atomic E-state index is 10.0. The summed E-state index contributed by atoms with van der Waals surface area (Å²) in [5.74, 6) is 0.991. The molecule has 1 aromatic carbocycles. The van der Waals surface area contributed by atoms with Crippen molar-refractivity contribution >= 4 is 5.95 Å². The Kier molecular flexibility index (Phi) is 6.77. The number of aromatic hydroxyl groups is 1. The standard InChI is InChI=1S/C25H30N4O2/c1-18-10-11-21(26-17-18)7-3-4-9-23-19(2)27-25(29-12-14-31-15-13-29)28-24(23)20-6-5-8-22(30)16-20/h5-6,8,10-11,16-17,30H,3-4,7,9,12-15H2,1-2H3. The Morgan fingerprint density at radius 3 is 2.55 bits per heavy atom. The number of phenols is 1. The van der Waals surface area contributed by atoms with Gasteiger partial charge in [-0.2, -0.15) is 0 Å². The van der Waals surface area contributed by atoms with Crippen LogP contribution in [0.5, 0.6) is 5.75 Å². The van der Waals surface area contributed by atoms with Gasteiger partial charge < -0.3 is 14.7 Å². The summed E-state index contributed by atoms with van der Waals surface area (Å²) in [5, 5.41) is 10.0. The molecule has 1 aliphatic heterocycles. The van der Waals surface area contributed by atoms with Gasteiger partial charge in [0, 0.05) is 36.2 Å². The first-order valence-electron chi connectivity index (χ1n) is 11.0. The van der Waals surface area contributed by atoms with E-state index >= 15 is 0 Å². The van der Waals surface area contributed by atoms with Crippen molar-refractivity contribution in [2.75, 3.05) is 31.2 Å². The van der Waals surface area contributed by atoms with Gasteiger partial charge in [-0.05, 0) is 68.9 Å². The van der Waals surface area contributed by atoms with E-state index in [9.17, 15) is 5.11 Å². The molecule has 1 fully saturated rings. The highest BCUT2D eigenvalue weighted by Gasteiger charge is 2.19. The van der Waals surface area contributed by atoms with Crippen LogP contribution in [0.1, 0.15) is 35.4 Å². The summed E-state index contributed by atoms with van der Waals surface area (Å²) in [4.78, 5) is 16.5. The Morgan fingerprint density at radius 1 is 1.00 bits per heavy atom. The quantitative estimate of drug-likeness (QED) is 0.578. The van der Waals surface area contributed by atoms with Gasteiger partial charge in [0.15, 0.2) is 0 Å². The van der Waals surface area contributed by atoms with Crippen molar-refractivity contribution in [3.8, 4) is 17.0 Å². The predicted molar refractivity (Wildman–Crippen MR) is 123 cm³/mol. The first-order chi connectivity index (χ1) is 15.1. The van der Waals surface area contributed by atoms with E-state index in [-0.39, 0.29) is 5.75 Å². The maximum atomic E-state index is 10.0. The van der Waals surface area contributed by atoms with Crippen molar-refractivity contribution in [1.82, 2.24) is 15.0 Å². The van der Waals surface area contributed by atoms with E-state index in [2.05, 4.69) is 35.9 Å². The highest BCUT2D eigenvalue weighted by atomic mass is 16.5. The Hall–Kier alpha value is -2.99. The van der Waals surface area contributed by atoms with Gasteiger partial charge in [-0.15, -0.1) is 0 Å². The molecule has 6 heteroatoms. The summed E-state index contributed by atoms with van der Waals surface area (Å²) < 4.78 is 5.48. The third-order valence-corrected chi connectivity index (χ3v) is 5.70. The average Bonchev–Trinajstić information content (AvgIpc) is 2.79. The van der Waals surface area contributed by atoms with Crippen LogP contribution in [0.2, 0.25) is 0 Å². The number of unbranched alkanes of at least 4 members (excludes halogenated alkanes) is 1. The monoisotopic (exact) mass is 418 g/mol. The molecule has 162 valence electrons. The number of anilines is 1. The lowest BCUT2D eigenvalue weighted by Crippen LogP contribution is -2.37. The molecule has 0 spiro atoms. The Bertz CT molecular complexity index is 1010. The van der Waals surface area contributed by atoms with Crippen molar-refractivity contribution in [3.63, 3.8) is 0 Å². The minimum atomic E-state index is 0.248. The second-order valence-electron chi connectivity index (χ2n) is 8.12. The molecule has 2 aromatic heterocycles. The van der Waals surface area contributed by atoms with Crippen molar-refractivity contribution in [2.24, 2.45) is 0 Å². The molecule has 0 bridgehead atoms. The van der Waals surface area contributed by atoms with Gasteiger partial charge in [0.25, 0.3) is 0 Å². The van der Waals surface area contributed by atoms with Gasteiger partial charge in [-0.1, -0.05) is 18.2 Å². The lowest BCUT2D eigenvalue weighted by atomic mass is 9.98. The van der Waals surface area contributed by atoms with Crippen molar-refractivity contribution in [2.45, 2.75) is 39.5 Å². The molecule has 31 heavy (non-hydrogen) atoms. The normalized spacial score (nSPS) is 14.1. The molecule has 3 aromatic rings. The number of phenolic OH excluding ortho intramolecular Hbond substituents is 1. The van der Waals surface area contributed by atoms with Crippen LogP contribution in [0.3, 0.4) is 0 Å². The number of aromatic nitrogens is 3. The van der Waals surface area contributed by atoms with Gasteiger partial charge in [-0.25, -0.2) is 9.97 Å². The molecule has 4 rings (SSSR count). The molecule has 0 unspecified atom stereocenters. The number of nitrogens with zero attached hydrogens (tertiary/aromatic N) is 4. The zero-order valence-corrected chi connectivity index (χ0v) is 18.3. The van der Waals surface area contributed by atoms with Crippen LogP contribution < -0.4 is 4.90 Å². The van der Waals surface area contributed by atoms with E-state index in [0.717, 1.165) is 72.9 Å². The first kappa shape index (κ1) is 21.2. The minimum absolute atomic E-state index is 0.248. The summed E-state index contributed by atoms with van der Waals surface area (Å²) in [7, 11) is 0. The molecule has 0 amide bonds. The predicted octanol–water partition coefficient (Wildman–Crippen LogP) is 4.26. The number of ether oxygens (including phenoxy) is 1. The molecule has 3 heterocycles. The van der Waals surface area contributed by atoms with E-state index in [1.165, 1.54) is 5.56 Å². The first-order valence-corrected chi connectivity index (χ1v) is 11.0. The molecule has 0 aliphatic carbocycles. The number of hydrogen-bond donors (Lipinski definition) is 1. The Labute approximate surface area is 184 Å². The van der Waals surface area contributed by atoms with E-state index in [1.807, 2.05) is 18.3 Å². The van der Waals surface area contributed by atoms with Gasteiger partial charge in [0.1, 0.15) is 5.75 Å². The maximum Gasteiger partial charge on any atom is 0.226 e. The van der Waals surface area contributed by atoms with Crippen LogP contribution in [0.15, 0.2) is 42.6 Å². The number of pyridine rings is 1. The van der Waals surface area contributed by atoms with Crippen molar-refractivity contribution in [1.29, 1.82) is 0 Å². The highest BCUT2D eigenvalue weighted by molar-refractivity contribution is 5.67. The fraction of sp³-hybridized carbons (Fsp3) is 0.400. The molecule has 1 N–H and O–H groups in total. The summed E-state index contributed by atoms with van der Waals surface area (Å²) >= 11 is 0. The lowest BCUT2D eigenvalue weighted by molar-refractivity contribution is 0.122. The average molecular weight is 419 g/mol. The van der Waals surface area contributed by atoms with E-state index in [4.69, 9.17) is 14.7 Å². The zero-order valence-electron chi connectivity index (χ0n) is 18.3. The third kappa shape index (κ3) is 5.39. The van der Waals surface area contributed by atoms with Crippen LogP contribution >= 0.6 is 0 Å². The zero-order chi connectivity index (χ0) is 21.6. The molecular formula is C25H30N4O2. The lowest BCUT2D eigenvalue weighted by Gasteiger charge is -2.28.